The van der Waals surface area contributed by atoms with Crippen molar-refractivity contribution in [3.63, 3.8) is 0 Å². The van der Waals surface area contributed by atoms with E-state index in [0.717, 1.165) is 17.1 Å². The molecule has 1 aliphatic rings. The zero-order valence-corrected chi connectivity index (χ0v) is 9.97. The first-order chi connectivity index (χ1) is 8.81. The summed E-state index contributed by atoms with van der Waals surface area (Å²) in [5.74, 6) is 0.760. The first-order valence-electron chi connectivity index (χ1n) is 5.83. The maximum Gasteiger partial charge on any atom is 0.195 e. The first-order valence-corrected chi connectivity index (χ1v) is 5.83. The molecule has 18 heavy (non-hydrogen) atoms. The number of carbonyl (C=O) groups excluding carboxylic acids is 1. The van der Waals surface area contributed by atoms with Crippen LogP contribution >= 0.6 is 0 Å². The van der Waals surface area contributed by atoms with E-state index in [2.05, 4.69) is 10.3 Å². The number of fused-ring (bicyclic) bond motifs is 2. The van der Waals surface area contributed by atoms with Gasteiger partial charge in [-0.3, -0.25) is 4.79 Å². The Morgan fingerprint density at radius 3 is 2.72 bits per heavy atom. The summed E-state index contributed by atoms with van der Waals surface area (Å²) in [6.07, 6.45) is 3.56. The van der Waals surface area contributed by atoms with E-state index in [1.807, 2.05) is 49.4 Å². The Morgan fingerprint density at radius 2 is 1.89 bits per heavy atom. The van der Waals surface area contributed by atoms with Gasteiger partial charge in [-0.15, -0.1) is 0 Å². The minimum atomic E-state index is 0.0346. The maximum absolute atomic E-state index is 12.5. The van der Waals surface area contributed by atoms with E-state index in [1.54, 1.807) is 6.20 Å². The monoisotopic (exact) mass is 236 g/mol. The van der Waals surface area contributed by atoms with Gasteiger partial charge in [0.2, 0.25) is 0 Å². The SMILES string of the molecule is C/C=C1/C(=O)c2ccccc2Nc2ncccc21. The van der Waals surface area contributed by atoms with E-state index in [9.17, 15) is 4.79 Å². The van der Waals surface area contributed by atoms with Gasteiger partial charge in [-0.25, -0.2) is 4.98 Å². The van der Waals surface area contributed by atoms with Gasteiger partial charge in [-0.1, -0.05) is 18.2 Å². The average molecular weight is 236 g/mol. The van der Waals surface area contributed by atoms with Gasteiger partial charge < -0.3 is 5.32 Å². The van der Waals surface area contributed by atoms with Crippen molar-refractivity contribution in [1.29, 1.82) is 0 Å². The number of Topliss-reactive ketones (excluding diaryl/α,β-unsaturated/α-hetero) is 1. The highest BCUT2D eigenvalue weighted by atomic mass is 16.1. The predicted molar refractivity (Wildman–Crippen MR) is 71.9 cm³/mol. The topological polar surface area (TPSA) is 42.0 Å². The van der Waals surface area contributed by atoms with Gasteiger partial charge in [-0.05, 0) is 31.2 Å². The molecule has 3 rings (SSSR count). The van der Waals surface area contributed by atoms with Crippen molar-refractivity contribution >= 4 is 22.9 Å². The van der Waals surface area contributed by atoms with E-state index in [0.29, 0.717) is 11.1 Å². The highest BCUT2D eigenvalue weighted by molar-refractivity contribution is 6.32. The van der Waals surface area contributed by atoms with E-state index < -0.39 is 0 Å². The smallest absolute Gasteiger partial charge is 0.195 e. The van der Waals surface area contributed by atoms with E-state index >= 15 is 0 Å². The molecule has 2 heterocycles. The van der Waals surface area contributed by atoms with E-state index in [4.69, 9.17) is 0 Å². The Morgan fingerprint density at radius 1 is 1.11 bits per heavy atom. The van der Waals surface area contributed by atoms with Gasteiger partial charge in [0, 0.05) is 22.9 Å². The van der Waals surface area contributed by atoms with Crippen LogP contribution in [-0.4, -0.2) is 10.8 Å². The third kappa shape index (κ3) is 1.52. The van der Waals surface area contributed by atoms with Crippen LogP contribution in [0.5, 0.6) is 0 Å². The van der Waals surface area contributed by atoms with Crippen LogP contribution < -0.4 is 5.32 Å². The Balaban J connectivity index is 2.30. The first kappa shape index (κ1) is 10.7. The number of nitrogens with zero attached hydrogens (tertiary/aromatic N) is 1. The average Bonchev–Trinajstić information content (AvgIpc) is 2.53. The molecule has 2 aromatic rings. The zero-order valence-electron chi connectivity index (χ0n) is 9.97. The molecule has 0 aliphatic carbocycles. The molecule has 1 aliphatic heterocycles. The number of hydrogen-bond donors (Lipinski definition) is 1. The summed E-state index contributed by atoms with van der Waals surface area (Å²) in [6, 6.07) is 11.3. The fourth-order valence-corrected chi connectivity index (χ4v) is 2.19. The summed E-state index contributed by atoms with van der Waals surface area (Å²) in [6.45, 7) is 1.87. The fourth-order valence-electron chi connectivity index (χ4n) is 2.19. The zero-order chi connectivity index (χ0) is 12.5. The number of nitrogens with one attached hydrogen (secondary N) is 1. The molecule has 88 valence electrons. The van der Waals surface area contributed by atoms with Crippen molar-refractivity contribution in [2.24, 2.45) is 0 Å². The van der Waals surface area contributed by atoms with E-state index in [1.165, 1.54) is 0 Å². The number of para-hydroxylation sites is 1. The van der Waals surface area contributed by atoms with Gasteiger partial charge in [0.05, 0.1) is 5.69 Å². The number of aromatic nitrogens is 1. The second kappa shape index (κ2) is 4.11. The summed E-state index contributed by atoms with van der Waals surface area (Å²) >= 11 is 0. The number of allylic oxidation sites excluding steroid dienone is 2. The Hall–Kier alpha value is -2.42. The molecule has 0 radical (unpaired) electrons. The van der Waals surface area contributed by atoms with Gasteiger partial charge in [-0.2, -0.15) is 0 Å². The van der Waals surface area contributed by atoms with Gasteiger partial charge in [0.1, 0.15) is 5.82 Å². The third-order valence-electron chi connectivity index (χ3n) is 3.06. The van der Waals surface area contributed by atoms with Crippen molar-refractivity contribution < 1.29 is 4.79 Å². The minimum absolute atomic E-state index is 0.0346. The lowest BCUT2D eigenvalue weighted by atomic mass is 9.98. The fraction of sp³-hybridized carbons (Fsp3) is 0.0667. The van der Waals surface area contributed by atoms with Crippen LogP contribution in [0, 0.1) is 0 Å². The molecule has 1 aromatic heterocycles. The molecule has 0 saturated heterocycles. The third-order valence-corrected chi connectivity index (χ3v) is 3.06. The van der Waals surface area contributed by atoms with Crippen molar-refractivity contribution in [3.8, 4) is 0 Å². The maximum atomic E-state index is 12.5. The number of rotatable bonds is 0. The highest BCUT2D eigenvalue weighted by Gasteiger charge is 2.23. The molecular weight excluding hydrogens is 224 g/mol. The summed E-state index contributed by atoms with van der Waals surface area (Å²) in [5.41, 5.74) is 3.03. The molecule has 0 spiro atoms. The molecule has 0 atom stereocenters. The Kier molecular flexibility index (Phi) is 2.45. The molecule has 3 nitrogen and oxygen atoms in total. The molecule has 3 heteroatoms. The minimum Gasteiger partial charge on any atom is -0.339 e. The second-order valence-electron chi connectivity index (χ2n) is 4.10. The molecule has 0 fully saturated rings. The standard InChI is InChI=1S/C15H12N2O/c1-2-10-11-7-5-9-16-15(11)17-13-8-4-3-6-12(13)14(10)18/h2-9H,1H3,(H,16,17)/b10-2+. The van der Waals surface area contributed by atoms with Gasteiger partial charge in [0.15, 0.2) is 5.78 Å². The quantitative estimate of drug-likeness (QED) is 0.712. The van der Waals surface area contributed by atoms with Crippen LogP contribution in [0.15, 0.2) is 48.7 Å². The van der Waals surface area contributed by atoms with Crippen LogP contribution in [0.4, 0.5) is 11.5 Å². The lowest BCUT2D eigenvalue weighted by molar-refractivity contribution is 0.105. The molecular formula is C15H12N2O. The molecule has 0 amide bonds. The van der Waals surface area contributed by atoms with E-state index in [-0.39, 0.29) is 5.78 Å². The van der Waals surface area contributed by atoms with Crippen molar-refractivity contribution in [2.75, 3.05) is 5.32 Å². The summed E-state index contributed by atoms with van der Waals surface area (Å²) in [7, 11) is 0. The lowest BCUT2D eigenvalue weighted by Crippen LogP contribution is -2.01. The number of carbonyl (C=O) groups is 1. The number of ketones is 1. The Bertz CT molecular complexity index is 659. The molecule has 0 unspecified atom stereocenters. The van der Waals surface area contributed by atoms with Crippen molar-refractivity contribution in [2.45, 2.75) is 6.92 Å². The molecule has 1 aromatic carbocycles. The lowest BCUT2D eigenvalue weighted by Gasteiger charge is -2.06. The predicted octanol–water partition coefficient (Wildman–Crippen LogP) is 3.42. The summed E-state index contributed by atoms with van der Waals surface area (Å²) in [4.78, 5) is 16.8. The Labute approximate surface area is 105 Å². The van der Waals surface area contributed by atoms with Crippen molar-refractivity contribution in [3.05, 3.63) is 59.8 Å². The summed E-state index contributed by atoms with van der Waals surface area (Å²) < 4.78 is 0. The molecule has 0 bridgehead atoms. The van der Waals surface area contributed by atoms with Gasteiger partial charge in [0.25, 0.3) is 0 Å². The number of anilines is 2. The normalized spacial score (nSPS) is 15.6. The van der Waals surface area contributed by atoms with Gasteiger partial charge >= 0.3 is 0 Å². The number of benzene rings is 1. The number of pyridine rings is 1. The highest BCUT2D eigenvalue weighted by Crippen LogP contribution is 2.34. The van der Waals surface area contributed by atoms with Crippen LogP contribution in [-0.2, 0) is 0 Å². The van der Waals surface area contributed by atoms with Crippen LogP contribution in [0.1, 0.15) is 22.8 Å². The van der Waals surface area contributed by atoms with Crippen molar-refractivity contribution in [1.82, 2.24) is 4.98 Å². The second-order valence-corrected chi connectivity index (χ2v) is 4.10. The van der Waals surface area contributed by atoms with Crippen LogP contribution in [0.2, 0.25) is 0 Å². The van der Waals surface area contributed by atoms with Crippen LogP contribution in [0.3, 0.4) is 0 Å². The van der Waals surface area contributed by atoms with Crippen LogP contribution in [0.25, 0.3) is 5.57 Å². The largest absolute Gasteiger partial charge is 0.339 e. The molecule has 1 N–H and O–H groups in total. The number of hydrogen-bond acceptors (Lipinski definition) is 3. The molecule has 0 saturated carbocycles. The summed E-state index contributed by atoms with van der Waals surface area (Å²) in [5, 5.41) is 3.22.